The van der Waals surface area contributed by atoms with E-state index in [2.05, 4.69) is 4.98 Å². The van der Waals surface area contributed by atoms with Gasteiger partial charge in [-0.2, -0.15) is 0 Å². The second-order valence-electron chi connectivity index (χ2n) is 2.25. The lowest BCUT2D eigenvalue weighted by Crippen LogP contribution is -2.30. The summed E-state index contributed by atoms with van der Waals surface area (Å²) in [5.74, 6) is 4.65. The van der Waals surface area contributed by atoms with E-state index in [0.717, 1.165) is 12.0 Å². The Morgan fingerprint density at radius 3 is 3.00 bits per heavy atom. The van der Waals surface area contributed by atoms with Crippen LogP contribution in [0, 0.1) is 0 Å². The number of hydrazine groups is 1. The van der Waals surface area contributed by atoms with E-state index in [1.807, 2.05) is 12.3 Å². The lowest BCUT2D eigenvalue weighted by Gasteiger charge is -1.92. The summed E-state index contributed by atoms with van der Waals surface area (Å²) < 4.78 is 0. The number of amides is 1. The Labute approximate surface area is 64.8 Å². The smallest absolute Gasteiger partial charge is 0.281 e. The number of carbonyl (C=O) groups excluding carboxylic acids is 1. The summed E-state index contributed by atoms with van der Waals surface area (Å²) in [4.78, 5) is 13.7. The number of nitrogen functional groups attached to an aromatic ring is 1. The summed E-state index contributed by atoms with van der Waals surface area (Å²) >= 11 is 0. The van der Waals surface area contributed by atoms with Gasteiger partial charge in [-0.05, 0) is 18.1 Å². The van der Waals surface area contributed by atoms with E-state index in [1.165, 1.54) is 0 Å². The molecule has 0 bridgehead atoms. The van der Waals surface area contributed by atoms with Crippen LogP contribution in [0.3, 0.4) is 0 Å². The van der Waals surface area contributed by atoms with Gasteiger partial charge in [0, 0.05) is 6.20 Å². The van der Waals surface area contributed by atoms with E-state index in [1.54, 1.807) is 12.3 Å². The Balaban J connectivity index is 2.80. The van der Waals surface area contributed by atoms with Crippen molar-refractivity contribution >= 4 is 5.91 Å². The normalized spacial score (nSPS) is 9.64. The number of rotatable bonds is 2. The number of carbonyl (C=O) groups is 1. The molecular weight excluding hydrogens is 142 g/mol. The first-order valence-corrected chi connectivity index (χ1v) is 3.46. The van der Waals surface area contributed by atoms with Crippen molar-refractivity contribution in [3.8, 4) is 0 Å². The average molecular weight is 153 g/mol. The standard InChI is InChI=1S/C7H11N3O/c1-2-5-3-6(9-4-5)7(11)10-8/h3-4,9H,2,8H2,1H3,(H,10,11). The van der Waals surface area contributed by atoms with E-state index in [0.29, 0.717) is 5.69 Å². The molecule has 4 heteroatoms. The summed E-state index contributed by atoms with van der Waals surface area (Å²) in [6.45, 7) is 2.02. The molecule has 0 aromatic carbocycles. The van der Waals surface area contributed by atoms with Crippen molar-refractivity contribution in [1.29, 1.82) is 0 Å². The topological polar surface area (TPSA) is 70.9 Å². The average Bonchev–Trinajstić information content (AvgIpc) is 2.50. The lowest BCUT2D eigenvalue weighted by atomic mass is 10.2. The minimum Gasteiger partial charge on any atom is -0.357 e. The molecule has 0 aliphatic rings. The van der Waals surface area contributed by atoms with Crippen LogP contribution in [0.25, 0.3) is 0 Å². The molecule has 0 unspecified atom stereocenters. The molecule has 11 heavy (non-hydrogen) atoms. The second-order valence-corrected chi connectivity index (χ2v) is 2.25. The van der Waals surface area contributed by atoms with Crippen molar-refractivity contribution < 1.29 is 4.79 Å². The molecule has 0 aliphatic heterocycles. The van der Waals surface area contributed by atoms with Gasteiger partial charge >= 0.3 is 0 Å². The summed E-state index contributed by atoms with van der Waals surface area (Å²) in [6.07, 6.45) is 2.71. The minimum absolute atomic E-state index is 0.287. The zero-order valence-electron chi connectivity index (χ0n) is 6.35. The molecule has 0 atom stereocenters. The summed E-state index contributed by atoms with van der Waals surface area (Å²) in [7, 11) is 0. The molecule has 4 nitrogen and oxygen atoms in total. The molecule has 0 radical (unpaired) electrons. The first-order valence-electron chi connectivity index (χ1n) is 3.46. The first kappa shape index (κ1) is 7.81. The number of aromatic nitrogens is 1. The van der Waals surface area contributed by atoms with Crippen molar-refractivity contribution in [3.63, 3.8) is 0 Å². The van der Waals surface area contributed by atoms with Gasteiger partial charge in [0.05, 0.1) is 0 Å². The number of nitrogens with one attached hydrogen (secondary N) is 2. The Kier molecular flexibility index (Phi) is 2.28. The Morgan fingerprint density at radius 1 is 1.82 bits per heavy atom. The van der Waals surface area contributed by atoms with Crippen LogP contribution in [-0.4, -0.2) is 10.9 Å². The van der Waals surface area contributed by atoms with Crippen LogP contribution in [0.15, 0.2) is 12.3 Å². The van der Waals surface area contributed by atoms with Gasteiger partial charge in [-0.1, -0.05) is 6.92 Å². The lowest BCUT2D eigenvalue weighted by molar-refractivity contribution is 0.0949. The molecule has 0 saturated carbocycles. The minimum atomic E-state index is -0.287. The number of hydrogen-bond donors (Lipinski definition) is 3. The maximum Gasteiger partial charge on any atom is 0.281 e. The Hall–Kier alpha value is -1.29. The van der Waals surface area contributed by atoms with Crippen LogP contribution >= 0.6 is 0 Å². The van der Waals surface area contributed by atoms with Gasteiger partial charge in [0.1, 0.15) is 5.69 Å². The van der Waals surface area contributed by atoms with Crippen molar-refractivity contribution in [3.05, 3.63) is 23.5 Å². The number of nitrogens with two attached hydrogens (primary N) is 1. The SMILES string of the molecule is CCc1c[nH]c(C(=O)NN)c1. The molecule has 60 valence electrons. The third-order valence-electron chi connectivity index (χ3n) is 1.53. The Bertz CT molecular complexity index is 254. The van der Waals surface area contributed by atoms with Crippen LogP contribution in [0.2, 0.25) is 0 Å². The van der Waals surface area contributed by atoms with E-state index in [-0.39, 0.29) is 5.91 Å². The molecule has 0 aliphatic carbocycles. The molecule has 1 aromatic rings. The van der Waals surface area contributed by atoms with Gasteiger partial charge in [-0.15, -0.1) is 0 Å². The van der Waals surface area contributed by atoms with Crippen molar-refractivity contribution in [2.75, 3.05) is 0 Å². The molecule has 0 saturated heterocycles. The fraction of sp³-hybridized carbons (Fsp3) is 0.286. The predicted molar refractivity (Wildman–Crippen MR) is 41.8 cm³/mol. The third-order valence-corrected chi connectivity index (χ3v) is 1.53. The fourth-order valence-corrected chi connectivity index (χ4v) is 0.852. The summed E-state index contributed by atoms with van der Waals surface area (Å²) in [6, 6.07) is 1.78. The van der Waals surface area contributed by atoms with Crippen LogP contribution in [0.4, 0.5) is 0 Å². The zero-order chi connectivity index (χ0) is 8.27. The highest BCUT2D eigenvalue weighted by atomic mass is 16.2. The van der Waals surface area contributed by atoms with Crippen molar-refractivity contribution in [1.82, 2.24) is 10.4 Å². The van der Waals surface area contributed by atoms with Gasteiger partial charge < -0.3 is 4.98 Å². The van der Waals surface area contributed by atoms with E-state index >= 15 is 0 Å². The largest absolute Gasteiger partial charge is 0.357 e. The second kappa shape index (κ2) is 3.21. The van der Waals surface area contributed by atoms with Gasteiger partial charge in [-0.25, -0.2) is 5.84 Å². The number of hydrogen-bond acceptors (Lipinski definition) is 2. The van der Waals surface area contributed by atoms with Crippen LogP contribution in [0.1, 0.15) is 23.0 Å². The molecule has 0 spiro atoms. The zero-order valence-corrected chi connectivity index (χ0v) is 6.35. The van der Waals surface area contributed by atoms with Crippen LogP contribution < -0.4 is 11.3 Å². The molecule has 1 amide bonds. The van der Waals surface area contributed by atoms with Gasteiger partial charge in [0.2, 0.25) is 0 Å². The molecule has 4 N–H and O–H groups in total. The van der Waals surface area contributed by atoms with E-state index < -0.39 is 0 Å². The number of H-pyrrole nitrogens is 1. The highest BCUT2D eigenvalue weighted by Crippen LogP contribution is 2.02. The summed E-state index contributed by atoms with van der Waals surface area (Å²) in [5, 5.41) is 0. The molecule has 1 heterocycles. The predicted octanol–water partition coefficient (Wildman–Crippen LogP) is 0.181. The Morgan fingerprint density at radius 2 is 2.55 bits per heavy atom. The third kappa shape index (κ3) is 1.59. The van der Waals surface area contributed by atoms with Gasteiger partial charge in [0.25, 0.3) is 5.91 Å². The molecular formula is C7H11N3O. The first-order chi connectivity index (χ1) is 5.27. The molecule has 0 fully saturated rings. The highest BCUT2D eigenvalue weighted by Gasteiger charge is 2.04. The van der Waals surface area contributed by atoms with E-state index in [4.69, 9.17) is 5.84 Å². The number of aromatic amines is 1. The van der Waals surface area contributed by atoms with Crippen molar-refractivity contribution in [2.45, 2.75) is 13.3 Å². The van der Waals surface area contributed by atoms with Gasteiger partial charge in [0.15, 0.2) is 0 Å². The quantitative estimate of drug-likeness (QED) is 0.322. The maximum atomic E-state index is 10.9. The highest BCUT2D eigenvalue weighted by molar-refractivity contribution is 5.92. The van der Waals surface area contributed by atoms with Crippen LogP contribution in [-0.2, 0) is 6.42 Å². The fourth-order valence-electron chi connectivity index (χ4n) is 0.852. The van der Waals surface area contributed by atoms with Crippen LogP contribution in [0.5, 0.6) is 0 Å². The number of aryl methyl sites for hydroxylation is 1. The summed E-state index contributed by atoms with van der Waals surface area (Å²) in [5.41, 5.74) is 3.65. The molecule has 1 rings (SSSR count). The van der Waals surface area contributed by atoms with E-state index in [9.17, 15) is 4.79 Å². The maximum absolute atomic E-state index is 10.9. The van der Waals surface area contributed by atoms with Gasteiger partial charge in [-0.3, -0.25) is 10.2 Å². The monoisotopic (exact) mass is 153 g/mol. The van der Waals surface area contributed by atoms with Crippen molar-refractivity contribution in [2.24, 2.45) is 5.84 Å². The molecule has 1 aromatic heterocycles.